The first-order chi connectivity index (χ1) is 7.33. The van der Waals surface area contributed by atoms with E-state index in [4.69, 9.17) is 5.53 Å². The SMILES string of the molecule is [N-]=[N+]=NCCCCNC(=O)NC1CCC1. The zero-order valence-electron chi connectivity index (χ0n) is 8.78. The molecule has 6 heteroatoms. The lowest BCUT2D eigenvalue weighted by Crippen LogP contribution is -2.45. The molecule has 1 aliphatic rings. The monoisotopic (exact) mass is 211 g/mol. The first-order valence-corrected chi connectivity index (χ1v) is 5.38. The molecule has 1 saturated carbocycles. The maximum atomic E-state index is 11.2. The molecule has 0 unspecified atom stereocenters. The third kappa shape index (κ3) is 5.12. The molecular formula is C9H17N5O. The number of amides is 2. The number of hydrogen-bond acceptors (Lipinski definition) is 2. The minimum Gasteiger partial charge on any atom is -0.338 e. The van der Waals surface area contributed by atoms with Gasteiger partial charge in [0.15, 0.2) is 0 Å². The highest BCUT2D eigenvalue weighted by molar-refractivity contribution is 5.74. The van der Waals surface area contributed by atoms with Crippen molar-refractivity contribution in [3.8, 4) is 0 Å². The number of azide groups is 1. The molecule has 84 valence electrons. The molecule has 0 radical (unpaired) electrons. The molecule has 0 aromatic carbocycles. The average molecular weight is 211 g/mol. The fourth-order valence-electron chi connectivity index (χ4n) is 1.34. The Bertz CT molecular complexity index is 245. The Balaban J connectivity index is 1.89. The summed E-state index contributed by atoms with van der Waals surface area (Å²) in [5.41, 5.74) is 8.02. The summed E-state index contributed by atoms with van der Waals surface area (Å²) in [6, 6.07) is 0.302. The molecule has 1 aliphatic carbocycles. The zero-order valence-corrected chi connectivity index (χ0v) is 8.78. The van der Waals surface area contributed by atoms with Crippen LogP contribution in [-0.2, 0) is 0 Å². The molecule has 1 rings (SSSR count). The van der Waals surface area contributed by atoms with Crippen LogP contribution in [0.1, 0.15) is 32.1 Å². The maximum absolute atomic E-state index is 11.2. The van der Waals surface area contributed by atoms with E-state index in [-0.39, 0.29) is 6.03 Å². The van der Waals surface area contributed by atoms with E-state index in [9.17, 15) is 4.79 Å². The Hall–Kier alpha value is -1.42. The van der Waals surface area contributed by atoms with Gasteiger partial charge in [-0.15, -0.1) is 0 Å². The van der Waals surface area contributed by atoms with Crippen molar-refractivity contribution in [1.29, 1.82) is 0 Å². The van der Waals surface area contributed by atoms with Crippen LogP contribution in [0.5, 0.6) is 0 Å². The van der Waals surface area contributed by atoms with Crippen LogP contribution >= 0.6 is 0 Å². The highest BCUT2D eigenvalue weighted by Gasteiger charge is 2.18. The van der Waals surface area contributed by atoms with Crippen LogP contribution in [0.15, 0.2) is 5.11 Å². The molecule has 2 N–H and O–H groups in total. The van der Waals surface area contributed by atoms with Gasteiger partial charge in [-0.1, -0.05) is 5.11 Å². The maximum Gasteiger partial charge on any atom is 0.315 e. The van der Waals surface area contributed by atoms with E-state index in [0.717, 1.165) is 25.7 Å². The summed E-state index contributed by atoms with van der Waals surface area (Å²) in [6.45, 7) is 1.14. The molecule has 15 heavy (non-hydrogen) atoms. The molecule has 6 nitrogen and oxygen atoms in total. The van der Waals surface area contributed by atoms with E-state index >= 15 is 0 Å². The fraction of sp³-hybridized carbons (Fsp3) is 0.889. The number of nitrogens with one attached hydrogen (secondary N) is 2. The number of carbonyl (C=O) groups excluding carboxylic acids is 1. The van der Waals surface area contributed by atoms with Gasteiger partial charge in [-0.25, -0.2) is 4.79 Å². The van der Waals surface area contributed by atoms with Gasteiger partial charge in [0.05, 0.1) is 0 Å². The molecule has 0 saturated heterocycles. The quantitative estimate of drug-likeness (QED) is 0.299. The second-order valence-corrected chi connectivity index (χ2v) is 3.69. The summed E-state index contributed by atoms with van der Waals surface area (Å²) in [4.78, 5) is 13.9. The number of carbonyl (C=O) groups is 1. The minimum atomic E-state index is -0.0801. The molecule has 0 heterocycles. The van der Waals surface area contributed by atoms with Crippen LogP contribution in [0.25, 0.3) is 10.4 Å². The highest BCUT2D eigenvalue weighted by Crippen LogP contribution is 2.17. The summed E-state index contributed by atoms with van der Waals surface area (Å²) in [5, 5.41) is 9.07. The average Bonchev–Trinajstić information content (AvgIpc) is 2.17. The van der Waals surface area contributed by atoms with Gasteiger partial charge in [0.25, 0.3) is 0 Å². The first kappa shape index (κ1) is 11.7. The van der Waals surface area contributed by atoms with E-state index in [1.165, 1.54) is 6.42 Å². The van der Waals surface area contributed by atoms with E-state index in [1.807, 2.05) is 0 Å². The Morgan fingerprint density at radius 3 is 2.87 bits per heavy atom. The van der Waals surface area contributed by atoms with Crippen molar-refractivity contribution in [2.45, 2.75) is 38.1 Å². The molecule has 0 aromatic rings. The van der Waals surface area contributed by atoms with Crippen molar-refractivity contribution in [3.63, 3.8) is 0 Å². The largest absolute Gasteiger partial charge is 0.338 e. The van der Waals surface area contributed by atoms with E-state index < -0.39 is 0 Å². The van der Waals surface area contributed by atoms with Crippen molar-refractivity contribution < 1.29 is 4.79 Å². The van der Waals surface area contributed by atoms with Gasteiger partial charge in [0.1, 0.15) is 0 Å². The lowest BCUT2D eigenvalue weighted by Gasteiger charge is -2.26. The summed E-state index contributed by atoms with van der Waals surface area (Å²) in [6.07, 6.45) is 5.08. The fourth-order valence-corrected chi connectivity index (χ4v) is 1.34. The Morgan fingerprint density at radius 2 is 2.27 bits per heavy atom. The van der Waals surface area contributed by atoms with Crippen LogP contribution in [-0.4, -0.2) is 25.2 Å². The highest BCUT2D eigenvalue weighted by atomic mass is 16.2. The van der Waals surface area contributed by atoms with Crippen molar-refractivity contribution >= 4 is 6.03 Å². The Labute approximate surface area is 89.0 Å². The third-order valence-electron chi connectivity index (χ3n) is 2.47. The molecular weight excluding hydrogens is 194 g/mol. The number of nitrogens with zero attached hydrogens (tertiary/aromatic N) is 3. The second-order valence-electron chi connectivity index (χ2n) is 3.69. The standard InChI is InChI=1S/C9H17N5O/c10-14-12-7-2-1-6-11-9(15)13-8-4-3-5-8/h8H,1-7H2,(H2,11,13,15). The summed E-state index contributed by atoms with van der Waals surface area (Å²) in [5.74, 6) is 0. The van der Waals surface area contributed by atoms with Crippen molar-refractivity contribution in [2.75, 3.05) is 13.1 Å². The smallest absolute Gasteiger partial charge is 0.315 e. The number of rotatable bonds is 6. The normalized spacial score (nSPS) is 14.9. The number of urea groups is 1. The van der Waals surface area contributed by atoms with E-state index in [1.54, 1.807) is 0 Å². The van der Waals surface area contributed by atoms with Crippen molar-refractivity contribution in [1.82, 2.24) is 10.6 Å². The van der Waals surface area contributed by atoms with E-state index in [2.05, 4.69) is 20.7 Å². The van der Waals surface area contributed by atoms with Crippen LogP contribution < -0.4 is 10.6 Å². The van der Waals surface area contributed by atoms with Crippen molar-refractivity contribution in [2.24, 2.45) is 5.11 Å². The Kier molecular flexibility index (Phi) is 5.40. The lowest BCUT2D eigenvalue weighted by atomic mass is 9.93. The second kappa shape index (κ2) is 6.95. The number of unbranched alkanes of at least 4 members (excludes halogenated alkanes) is 1. The van der Waals surface area contributed by atoms with Gasteiger partial charge < -0.3 is 10.6 Å². The minimum absolute atomic E-state index is 0.0801. The molecule has 0 atom stereocenters. The van der Waals surface area contributed by atoms with Crippen LogP contribution in [0, 0.1) is 0 Å². The summed E-state index contributed by atoms with van der Waals surface area (Å²) < 4.78 is 0. The van der Waals surface area contributed by atoms with Gasteiger partial charge in [0.2, 0.25) is 0 Å². The third-order valence-corrected chi connectivity index (χ3v) is 2.47. The molecule has 1 fully saturated rings. The molecule has 2 amide bonds. The molecule has 0 bridgehead atoms. The van der Waals surface area contributed by atoms with Gasteiger partial charge in [-0.2, -0.15) is 0 Å². The number of hydrogen-bond donors (Lipinski definition) is 2. The van der Waals surface area contributed by atoms with Crippen LogP contribution in [0.3, 0.4) is 0 Å². The van der Waals surface area contributed by atoms with Gasteiger partial charge >= 0.3 is 6.03 Å². The van der Waals surface area contributed by atoms with E-state index in [0.29, 0.717) is 19.1 Å². The molecule has 0 aliphatic heterocycles. The van der Waals surface area contributed by atoms with Gasteiger partial charge in [0, 0.05) is 24.0 Å². The predicted molar refractivity (Wildman–Crippen MR) is 57.4 cm³/mol. The lowest BCUT2D eigenvalue weighted by molar-refractivity contribution is 0.228. The predicted octanol–water partition coefficient (Wildman–Crippen LogP) is 1.93. The van der Waals surface area contributed by atoms with Crippen LogP contribution in [0.2, 0.25) is 0 Å². The first-order valence-electron chi connectivity index (χ1n) is 5.38. The Morgan fingerprint density at radius 1 is 1.47 bits per heavy atom. The zero-order chi connectivity index (χ0) is 10.9. The topological polar surface area (TPSA) is 89.9 Å². The molecule has 0 spiro atoms. The summed E-state index contributed by atoms with van der Waals surface area (Å²) >= 11 is 0. The van der Waals surface area contributed by atoms with Crippen molar-refractivity contribution in [3.05, 3.63) is 10.4 Å². The van der Waals surface area contributed by atoms with Crippen LogP contribution in [0.4, 0.5) is 4.79 Å². The molecule has 0 aromatic heterocycles. The summed E-state index contributed by atoms with van der Waals surface area (Å²) in [7, 11) is 0. The van der Waals surface area contributed by atoms with Gasteiger partial charge in [-0.05, 0) is 37.6 Å². The van der Waals surface area contributed by atoms with Gasteiger partial charge in [-0.3, -0.25) is 0 Å².